The predicted molar refractivity (Wildman–Crippen MR) is 63.1 cm³/mol. The average Bonchev–Trinajstić information content (AvgIpc) is 2.78. The highest BCUT2D eigenvalue weighted by Crippen LogP contribution is 2.38. The van der Waals surface area contributed by atoms with Crippen LogP contribution in [0.2, 0.25) is 0 Å². The van der Waals surface area contributed by atoms with Gasteiger partial charge in [0.05, 0.1) is 6.10 Å². The van der Waals surface area contributed by atoms with Crippen LogP contribution in [-0.4, -0.2) is 55.0 Å². The van der Waals surface area contributed by atoms with E-state index in [1.54, 1.807) is 4.90 Å². The van der Waals surface area contributed by atoms with Crippen LogP contribution < -0.4 is 0 Å². The summed E-state index contributed by atoms with van der Waals surface area (Å²) in [5, 5.41) is 8.77. The summed E-state index contributed by atoms with van der Waals surface area (Å²) in [6, 6.07) is 0. The number of hydrogen-bond donors (Lipinski definition) is 1. The Kier molecular flexibility index (Phi) is 3.20. The lowest BCUT2D eigenvalue weighted by Crippen LogP contribution is -2.40. The molecule has 1 saturated carbocycles. The van der Waals surface area contributed by atoms with E-state index in [1.807, 2.05) is 0 Å². The van der Waals surface area contributed by atoms with Gasteiger partial charge in [-0.1, -0.05) is 0 Å². The van der Waals surface area contributed by atoms with Crippen LogP contribution in [0, 0.1) is 11.8 Å². The quantitative estimate of drug-likeness (QED) is 0.737. The maximum atomic E-state index is 12.0. The summed E-state index contributed by atoms with van der Waals surface area (Å²) in [4.78, 5) is 13.6. The fraction of sp³-hybridized carbons (Fsp3) is 0.909. The topological polar surface area (TPSA) is 74.7 Å². The zero-order valence-corrected chi connectivity index (χ0v) is 11.0. The molecule has 98 valence electrons. The molecule has 0 radical (unpaired) electrons. The van der Waals surface area contributed by atoms with Gasteiger partial charge in [-0.25, -0.2) is 8.42 Å². The van der Waals surface area contributed by atoms with Gasteiger partial charge < -0.3 is 10.0 Å². The van der Waals surface area contributed by atoms with Crippen LogP contribution in [0.3, 0.4) is 0 Å². The first-order chi connectivity index (χ1) is 7.80. The molecule has 0 spiro atoms. The highest BCUT2D eigenvalue weighted by atomic mass is 32.2. The van der Waals surface area contributed by atoms with E-state index in [0.29, 0.717) is 19.0 Å². The van der Waals surface area contributed by atoms with E-state index in [4.69, 9.17) is 0 Å². The number of carbonyl (C=O) groups excluding carboxylic acids is 1. The highest BCUT2D eigenvalue weighted by Gasteiger charge is 2.44. The summed E-state index contributed by atoms with van der Waals surface area (Å²) in [6.07, 6.45) is 2.50. The molecule has 1 N–H and O–H groups in total. The minimum absolute atomic E-state index is 0.144. The normalized spacial score (nSPS) is 34.8. The first-order valence-corrected chi connectivity index (χ1v) is 7.92. The van der Waals surface area contributed by atoms with Crippen molar-refractivity contribution in [3.8, 4) is 0 Å². The standard InChI is InChI=1S/C11H19NO4S/c1-7(17(2,15)16)11(14)12-5-8-3-4-10(13)9(8)6-12/h7-10,13H,3-6H2,1-2H3. The number of nitrogens with zero attached hydrogens (tertiary/aromatic N) is 1. The van der Waals surface area contributed by atoms with Gasteiger partial charge in [0.25, 0.3) is 0 Å². The Morgan fingerprint density at radius 2 is 2.00 bits per heavy atom. The van der Waals surface area contributed by atoms with Crippen LogP contribution in [0.25, 0.3) is 0 Å². The fourth-order valence-corrected chi connectivity index (χ4v) is 3.37. The number of rotatable bonds is 2. The van der Waals surface area contributed by atoms with Crippen molar-refractivity contribution in [3.05, 3.63) is 0 Å². The van der Waals surface area contributed by atoms with Gasteiger partial charge in [-0.2, -0.15) is 0 Å². The number of likely N-dealkylation sites (tertiary alicyclic amines) is 1. The van der Waals surface area contributed by atoms with Gasteiger partial charge >= 0.3 is 0 Å². The first kappa shape index (κ1) is 12.8. The molecule has 4 atom stereocenters. The van der Waals surface area contributed by atoms with Crippen LogP contribution in [0.5, 0.6) is 0 Å². The molecular weight excluding hydrogens is 242 g/mol. The molecule has 1 amide bonds. The maximum Gasteiger partial charge on any atom is 0.240 e. The van der Waals surface area contributed by atoms with E-state index >= 15 is 0 Å². The molecule has 1 aliphatic heterocycles. The van der Waals surface area contributed by atoms with Gasteiger partial charge in [-0.05, 0) is 25.7 Å². The van der Waals surface area contributed by atoms with Gasteiger partial charge in [-0.15, -0.1) is 0 Å². The van der Waals surface area contributed by atoms with E-state index in [0.717, 1.165) is 19.1 Å². The molecule has 1 aliphatic carbocycles. The zero-order valence-electron chi connectivity index (χ0n) is 10.2. The molecule has 2 aliphatic rings. The van der Waals surface area contributed by atoms with Crippen molar-refractivity contribution >= 4 is 15.7 Å². The Morgan fingerprint density at radius 3 is 2.53 bits per heavy atom. The number of amides is 1. The molecule has 2 fully saturated rings. The molecule has 6 heteroatoms. The molecule has 4 unspecified atom stereocenters. The largest absolute Gasteiger partial charge is 0.393 e. The van der Waals surface area contributed by atoms with E-state index in [2.05, 4.69) is 0 Å². The highest BCUT2D eigenvalue weighted by molar-refractivity contribution is 7.92. The Labute approximate surface area is 102 Å². The van der Waals surface area contributed by atoms with Gasteiger partial charge in [0.1, 0.15) is 5.25 Å². The zero-order chi connectivity index (χ0) is 12.8. The number of carbonyl (C=O) groups is 1. The summed E-state index contributed by atoms with van der Waals surface area (Å²) in [6.45, 7) is 2.53. The van der Waals surface area contributed by atoms with Crippen LogP contribution >= 0.6 is 0 Å². The molecule has 1 saturated heterocycles. The number of aliphatic hydroxyl groups excluding tert-OH is 1. The van der Waals surface area contributed by atoms with E-state index in [1.165, 1.54) is 6.92 Å². The summed E-state index contributed by atoms with van der Waals surface area (Å²) in [7, 11) is -3.33. The SMILES string of the molecule is CC(C(=O)N1CC2CCC(O)C2C1)S(C)(=O)=O. The smallest absolute Gasteiger partial charge is 0.240 e. The fourth-order valence-electron chi connectivity index (χ4n) is 2.86. The second-order valence-corrected chi connectivity index (χ2v) is 7.65. The molecule has 0 bridgehead atoms. The van der Waals surface area contributed by atoms with Crippen molar-refractivity contribution in [1.29, 1.82) is 0 Å². The van der Waals surface area contributed by atoms with Gasteiger partial charge in [0.15, 0.2) is 9.84 Å². The minimum Gasteiger partial charge on any atom is -0.393 e. The number of sulfone groups is 1. The van der Waals surface area contributed by atoms with Crippen molar-refractivity contribution in [3.63, 3.8) is 0 Å². The summed E-state index contributed by atoms with van der Waals surface area (Å²) < 4.78 is 22.7. The molecule has 2 rings (SSSR count). The monoisotopic (exact) mass is 261 g/mol. The Morgan fingerprint density at radius 1 is 1.35 bits per heavy atom. The second kappa shape index (κ2) is 4.24. The van der Waals surface area contributed by atoms with E-state index in [-0.39, 0.29) is 17.9 Å². The Balaban J connectivity index is 2.05. The predicted octanol–water partition coefficient (Wildman–Crippen LogP) is -0.351. The minimum atomic E-state index is -3.33. The van der Waals surface area contributed by atoms with Crippen molar-refractivity contribution in [2.75, 3.05) is 19.3 Å². The molecule has 5 nitrogen and oxygen atoms in total. The van der Waals surface area contributed by atoms with Crippen molar-refractivity contribution in [1.82, 2.24) is 4.90 Å². The first-order valence-electron chi connectivity index (χ1n) is 5.96. The van der Waals surface area contributed by atoms with Gasteiger partial charge in [-0.3, -0.25) is 4.79 Å². The number of aliphatic hydroxyl groups is 1. The third-order valence-corrected chi connectivity index (χ3v) is 5.61. The summed E-state index contributed by atoms with van der Waals surface area (Å²) in [5.41, 5.74) is 0. The van der Waals surface area contributed by atoms with Crippen molar-refractivity contribution in [2.24, 2.45) is 11.8 Å². The van der Waals surface area contributed by atoms with E-state index < -0.39 is 15.1 Å². The summed E-state index contributed by atoms with van der Waals surface area (Å²) >= 11 is 0. The van der Waals surface area contributed by atoms with Crippen LogP contribution in [0.4, 0.5) is 0 Å². The third-order valence-electron chi connectivity index (χ3n) is 4.12. The maximum absolute atomic E-state index is 12.0. The Hall–Kier alpha value is -0.620. The summed E-state index contributed by atoms with van der Waals surface area (Å²) in [5.74, 6) is 0.167. The number of hydrogen-bond acceptors (Lipinski definition) is 4. The van der Waals surface area contributed by atoms with E-state index in [9.17, 15) is 18.3 Å². The van der Waals surface area contributed by atoms with Crippen molar-refractivity contribution in [2.45, 2.75) is 31.1 Å². The Bertz CT molecular complexity index is 419. The lowest BCUT2D eigenvalue weighted by Gasteiger charge is -2.21. The third kappa shape index (κ3) is 2.33. The molecular formula is C11H19NO4S. The number of fused-ring (bicyclic) bond motifs is 1. The molecule has 17 heavy (non-hydrogen) atoms. The molecule has 0 aromatic heterocycles. The second-order valence-electron chi connectivity index (χ2n) is 5.28. The average molecular weight is 261 g/mol. The lowest BCUT2D eigenvalue weighted by atomic mass is 10.00. The van der Waals surface area contributed by atoms with Crippen LogP contribution in [0.15, 0.2) is 0 Å². The van der Waals surface area contributed by atoms with Gasteiger partial charge in [0, 0.05) is 25.3 Å². The molecule has 0 aromatic rings. The molecule has 0 aromatic carbocycles. The van der Waals surface area contributed by atoms with Crippen LogP contribution in [0.1, 0.15) is 19.8 Å². The van der Waals surface area contributed by atoms with Crippen molar-refractivity contribution < 1.29 is 18.3 Å². The molecule has 1 heterocycles. The lowest BCUT2D eigenvalue weighted by molar-refractivity contribution is -0.129. The van der Waals surface area contributed by atoms with Gasteiger partial charge in [0.2, 0.25) is 5.91 Å². The van der Waals surface area contributed by atoms with Crippen LogP contribution in [-0.2, 0) is 14.6 Å².